The summed E-state index contributed by atoms with van der Waals surface area (Å²) in [4.78, 5) is 38.2. The molecule has 2 aromatic carbocycles. The molecule has 8 heteroatoms. The monoisotopic (exact) mass is 428 g/mol. The maximum atomic E-state index is 13.3. The fourth-order valence-corrected chi connectivity index (χ4v) is 4.72. The highest BCUT2D eigenvalue weighted by Crippen LogP contribution is 2.34. The van der Waals surface area contributed by atoms with Gasteiger partial charge in [-0.2, -0.15) is 0 Å². The molecule has 30 heavy (non-hydrogen) atoms. The van der Waals surface area contributed by atoms with Crippen LogP contribution in [0.3, 0.4) is 0 Å². The number of amides is 1. The van der Waals surface area contributed by atoms with E-state index < -0.39 is 22.8 Å². The minimum Gasteiger partial charge on any atom is -0.464 e. The second-order valence-corrected chi connectivity index (χ2v) is 8.25. The van der Waals surface area contributed by atoms with Gasteiger partial charge in [0.25, 0.3) is 11.6 Å². The van der Waals surface area contributed by atoms with Crippen LogP contribution >= 0.6 is 11.8 Å². The third-order valence-corrected chi connectivity index (χ3v) is 6.19. The molecule has 1 amide bonds. The van der Waals surface area contributed by atoms with Crippen molar-refractivity contribution in [3.05, 3.63) is 75.8 Å². The van der Waals surface area contributed by atoms with Gasteiger partial charge in [0.05, 0.1) is 16.9 Å². The highest BCUT2D eigenvalue weighted by Gasteiger charge is 2.42. The largest absolute Gasteiger partial charge is 0.464 e. The number of nitrogens with zero attached hydrogens (tertiary/aromatic N) is 2. The number of rotatable bonds is 8. The quantitative estimate of drug-likeness (QED) is 0.273. The Morgan fingerprint density at radius 1 is 1.20 bits per heavy atom. The van der Waals surface area contributed by atoms with Gasteiger partial charge in [0.1, 0.15) is 6.04 Å². The van der Waals surface area contributed by atoms with Crippen LogP contribution < -0.4 is 0 Å². The van der Waals surface area contributed by atoms with Crippen LogP contribution in [0.5, 0.6) is 0 Å². The number of non-ortho nitro benzene ring substituents is 1. The van der Waals surface area contributed by atoms with Crippen molar-refractivity contribution < 1.29 is 19.2 Å². The fourth-order valence-electron chi connectivity index (χ4n) is 3.31. The van der Waals surface area contributed by atoms with Crippen molar-refractivity contribution in [2.45, 2.75) is 37.6 Å². The van der Waals surface area contributed by atoms with Crippen LogP contribution in [0, 0.1) is 10.1 Å². The van der Waals surface area contributed by atoms with Crippen LogP contribution in [0.15, 0.2) is 54.6 Å². The number of carbonyl (C=O) groups excluding carboxylic acids is 2. The Hall–Kier alpha value is -2.87. The maximum Gasteiger partial charge on any atom is 0.329 e. The predicted octanol–water partition coefficient (Wildman–Crippen LogP) is 4.06. The van der Waals surface area contributed by atoms with Gasteiger partial charge in [-0.05, 0) is 18.1 Å². The van der Waals surface area contributed by atoms with Crippen molar-refractivity contribution in [1.82, 2.24) is 4.90 Å². The molecule has 1 aliphatic heterocycles. The van der Waals surface area contributed by atoms with Crippen LogP contribution in [0.2, 0.25) is 0 Å². The molecule has 0 aromatic heterocycles. The van der Waals surface area contributed by atoms with Crippen molar-refractivity contribution in [3.63, 3.8) is 0 Å². The van der Waals surface area contributed by atoms with Crippen molar-refractivity contribution in [1.29, 1.82) is 0 Å². The Morgan fingerprint density at radius 3 is 2.67 bits per heavy atom. The van der Waals surface area contributed by atoms with E-state index in [1.54, 1.807) is 0 Å². The molecule has 0 aliphatic carbocycles. The molecule has 2 atom stereocenters. The summed E-state index contributed by atoms with van der Waals surface area (Å²) in [5.74, 6) is -0.393. The van der Waals surface area contributed by atoms with E-state index in [1.165, 1.54) is 40.9 Å². The lowest BCUT2D eigenvalue weighted by Crippen LogP contribution is -2.47. The number of esters is 1. The summed E-state index contributed by atoms with van der Waals surface area (Å²) in [5.41, 5.74) is 1.08. The number of unbranched alkanes of at least 4 members (excludes halogenated alkanes) is 1. The molecule has 7 nitrogen and oxygen atoms in total. The second-order valence-electron chi connectivity index (χ2n) is 7.03. The number of nitro groups is 1. The van der Waals surface area contributed by atoms with Gasteiger partial charge in [-0.3, -0.25) is 14.9 Å². The number of thioether (sulfide) groups is 1. The Morgan fingerprint density at radius 2 is 1.97 bits per heavy atom. The minimum atomic E-state index is -0.715. The summed E-state index contributed by atoms with van der Waals surface area (Å²) in [6, 6.07) is 14.6. The summed E-state index contributed by atoms with van der Waals surface area (Å²) in [6.07, 6.45) is 2.24. The molecular weight excluding hydrogens is 404 g/mol. The molecule has 1 aliphatic rings. The van der Waals surface area contributed by atoms with Crippen LogP contribution in [-0.4, -0.2) is 45.5 Å². The minimum absolute atomic E-state index is 0.158. The topological polar surface area (TPSA) is 89.8 Å². The Labute approximate surface area is 179 Å². The Kier molecular flexibility index (Phi) is 7.46. The van der Waals surface area contributed by atoms with E-state index in [0.717, 1.165) is 18.4 Å². The first-order valence-electron chi connectivity index (χ1n) is 9.90. The number of hydrogen-bond donors (Lipinski definition) is 0. The van der Waals surface area contributed by atoms with E-state index in [4.69, 9.17) is 4.74 Å². The molecule has 0 bridgehead atoms. The van der Waals surface area contributed by atoms with Crippen molar-refractivity contribution in [3.8, 4) is 0 Å². The van der Waals surface area contributed by atoms with Gasteiger partial charge in [0.15, 0.2) is 0 Å². The Balaban J connectivity index is 1.87. The lowest BCUT2D eigenvalue weighted by Gasteiger charge is -2.28. The van der Waals surface area contributed by atoms with Crippen molar-refractivity contribution in [2.24, 2.45) is 0 Å². The highest BCUT2D eigenvalue weighted by atomic mass is 32.2. The molecule has 1 heterocycles. The van der Waals surface area contributed by atoms with E-state index in [9.17, 15) is 19.7 Å². The van der Waals surface area contributed by atoms with Crippen molar-refractivity contribution in [2.75, 3.05) is 12.4 Å². The van der Waals surface area contributed by atoms with Gasteiger partial charge < -0.3 is 9.64 Å². The van der Waals surface area contributed by atoms with E-state index in [2.05, 4.69) is 0 Å². The molecule has 158 valence electrons. The summed E-state index contributed by atoms with van der Waals surface area (Å²) < 4.78 is 5.39. The normalized spacial score (nSPS) is 18.2. The molecule has 0 saturated carbocycles. The van der Waals surface area contributed by atoms with E-state index in [1.807, 2.05) is 37.3 Å². The maximum absolute atomic E-state index is 13.3. The molecule has 3 rings (SSSR count). The van der Waals surface area contributed by atoms with Crippen LogP contribution in [0.1, 0.15) is 35.7 Å². The SMILES string of the molecule is CCCCOC(=O)C1CSC(Cc2ccccc2)N1C(=O)c1cccc([N+](=O)[O-])c1. The lowest BCUT2D eigenvalue weighted by atomic mass is 10.1. The first-order chi connectivity index (χ1) is 14.5. The zero-order chi connectivity index (χ0) is 21.5. The van der Waals surface area contributed by atoms with E-state index >= 15 is 0 Å². The van der Waals surface area contributed by atoms with Crippen molar-refractivity contribution >= 4 is 29.3 Å². The van der Waals surface area contributed by atoms with Crippen LogP contribution in [-0.2, 0) is 16.0 Å². The van der Waals surface area contributed by atoms with Crippen LogP contribution in [0.4, 0.5) is 5.69 Å². The third kappa shape index (κ3) is 5.18. The average molecular weight is 429 g/mol. The third-order valence-electron chi connectivity index (χ3n) is 4.90. The number of ether oxygens (including phenoxy) is 1. The van der Waals surface area contributed by atoms with Gasteiger partial charge >= 0.3 is 5.97 Å². The molecule has 0 radical (unpaired) electrons. The number of nitro benzene ring substituents is 1. The summed E-state index contributed by atoms with van der Waals surface area (Å²) >= 11 is 1.52. The van der Waals surface area contributed by atoms with E-state index in [0.29, 0.717) is 18.8 Å². The summed E-state index contributed by atoms with van der Waals surface area (Å²) in [6.45, 7) is 2.33. The molecule has 0 spiro atoms. The molecule has 2 unspecified atom stereocenters. The van der Waals surface area contributed by atoms with Crippen LogP contribution in [0.25, 0.3) is 0 Å². The van der Waals surface area contributed by atoms with E-state index in [-0.39, 0.29) is 16.6 Å². The molecule has 2 aromatic rings. The standard InChI is InChI=1S/C22H24N2O5S/c1-2-3-12-29-22(26)19-15-30-20(13-16-8-5-4-6-9-16)23(19)21(25)17-10-7-11-18(14-17)24(27)28/h4-11,14,19-20H,2-3,12-13,15H2,1H3. The smallest absolute Gasteiger partial charge is 0.329 e. The first-order valence-corrected chi connectivity index (χ1v) is 11.0. The van der Waals surface area contributed by atoms with Gasteiger partial charge in [-0.15, -0.1) is 11.8 Å². The predicted molar refractivity (Wildman–Crippen MR) is 115 cm³/mol. The first kappa shape index (κ1) is 21.8. The average Bonchev–Trinajstić information content (AvgIpc) is 3.17. The zero-order valence-electron chi connectivity index (χ0n) is 16.7. The molecule has 0 N–H and O–H groups in total. The highest BCUT2D eigenvalue weighted by molar-refractivity contribution is 8.00. The molecule has 1 saturated heterocycles. The summed E-state index contributed by atoms with van der Waals surface area (Å²) in [7, 11) is 0. The summed E-state index contributed by atoms with van der Waals surface area (Å²) in [5, 5.41) is 10.9. The second kappa shape index (κ2) is 10.2. The molecular formula is C22H24N2O5S. The Bertz CT molecular complexity index is 905. The zero-order valence-corrected chi connectivity index (χ0v) is 17.5. The van der Waals surface area contributed by atoms with Gasteiger partial charge in [-0.1, -0.05) is 49.7 Å². The fraction of sp³-hybridized carbons (Fsp3) is 0.364. The molecule has 1 fully saturated rings. The van der Waals surface area contributed by atoms with Gasteiger partial charge in [0.2, 0.25) is 0 Å². The van der Waals surface area contributed by atoms with Gasteiger partial charge in [0, 0.05) is 29.9 Å². The number of benzene rings is 2. The van der Waals surface area contributed by atoms with Gasteiger partial charge in [-0.25, -0.2) is 4.79 Å². The number of hydrogen-bond acceptors (Lipinski definition) is 6. The number of carbonyl (C=O) groups is 2. The lowest BCUT2D eigenvalue weighted by molar-refractivity contribution is -0.384.